The molecule has 142 valence electrons. The van der Waals surface area contributed by atoms with Crippen LogP contribution in [0.2, 0.25) is 0 Å². The number of benzene rings is 3. The van der Waals surface area contributed by atoms with E-state index in [2.05, 4.69) is 41.4 Å². The highest BCUT2D eigenvalue weighted by atomic mass is 16.5. The predicted molar refractivity (Wildman–Crippen MR) is 114 cm³/mol. The standard InChI is InChI=1S/C25H19NO3/c1-27-23-9-8-21(26-15-23)16-28-22-10-11-24-20(13-22)14-25(29-24)19-7-6-17-4-2-3-5-18(17)12-19/h2-15H,16H2,1H3. The lowest BCUT2D eigenvalue weighted by Crippen LogP contribution is -1.98. The third-order valence-corrected chi connectivity index (χ3v) is 4.94. The lowest BCUT2D eigenvalue weighted by atomic mass is 10.1. The maximum atomic E-state index is 6.06. The van der Waals surface area contributed by atoms with Crippen LogP contribution in [0.1, 0.15) is 5.69 Å². The second-order valence-corrected chi connectivity index (χ2v) is 6.85. The minimum absolute atomic E-state index is 0.394. The van der Waals surface area contributed by atoms with E-state index in [-0.39, 0.29) is 0 Å². The Bertz CT molecular complexity index is 1290. The van der Waals surface area contributed by atoms with Crippen LogP contribution >= 0.6 is 0 Å². The summed E-state index contributed by atoms with van der Waals surface area (Å²) >= 11 is 0. The summed E-state index contributed by atoms with van der Waals surface area (Å²) in [5.41, 5.74) is 2.74. The molecule has 4 heteroatoms. The summed E-state index contributed by atoms with van der Waals surface area (Å²) in [5.74, 6) is 2.36. The van der Waals surface area contributed by atoms with Gasteiger partial charge in [0.15, 0.2) is 0 Å². The molecule has 0 aliphatic heterocycles. The Morgan fingerprint density at radius 1 is 0.793 bits per heavy atom. The first-order chi connectivity index (χ1) is 14.3. The van der Waals surface area contributed by atoms with Gasteiger partial charge < -0.3 is 13.9 Å². The Kier molecular flexibility index (Phi) is 4.37. The Morgan fingerprint density at radius 2 is 1.66 bits per heavy atom. The number of hydrogen-bond acceptors (Lipinski definition) is 4. The first-order valence-electron chi connectivity index (χ1n) is 9.43. The fourth-order valence-corrected chi connectivity index (χ4v) is 3.37. The number of nitrogens with zero attached hydrogens (tertiary/aromatic N) is 1. The van der Waals surface area contributed by atoms with Gasteiger partial charge in [-0.25, -0.2) is 0 Å². The molecule has 0 aliphatic rings. The van der Waals surface area contributed by atoms with Crippen molar-refractivity contribution in [3.63, 3.8) is 0 Å². The van der Waals surface area contributed by atoms with Crippen LogP contribution in [-0.4, -0.2) is 12.1 Å². The largest absolute Gasteiger partial charge is 0.495 e. The first-order valence-corrected chi connectivity index (χ1v) is 9.43. The molecule has 0 atom stereocenters. The molecule has 0 unspecified atom stereocenters. The molecule has 2 aromatic heterocycles. The average Bonchev–Trinajstić information content (AvgIpc) is 3.21. The second kappa shape index (κ2) is 7.32. The molecular weight excluding hydrogens is 362 g/mol. The van der Waals surface area contributed by atoms with Gasteiger partial charge in [0.1, 0.15) is 29.4 Å². The van der Waals surface area contributed by atoms with Crippen LogP contribution in [0.5, 0.6) is 11.5 Å². The van der Waals surface area contributed by atoms with Crippen molar-refractivity contribution in [2.45, 2.75) is 6.61 Å². The predicted octanol–water partition coefficient (Wildman–Crippen LogP) is 6.24. The molecule has 29 heavy (non-hydrogen) atoms. The summed E-state index contributed by atoms with van der Waals surface area (Å²) in [4.78, 5) is 4.33. The van der Waals surface area contributed by atoms with E-state index in [1.807, 2.05) is 42.5 Å². The van der Waals surface area contributed by atoms with Gasteiger partial charge >= 0.3 is 0 Å². The number of aromatic nitrogens is 1. The van der Waals surface area contributed by atoms with E-state index in [1.165, 1.54) is 10.8 Å². The fourth-order valence-electron chi connectivity index (χ4n) is 3.37. The minimum Gasteiger partial charge on any atom is -0.495 e. The number of pyridine rings is 1. The van der Waals surface area contributed by atoms with Gasteiger partial charge in [-0.3, -0.25) is 4.98 Å². The van der Waals surface area contributed by atoms with E-state index in [9.17, 15) is 0 Å². The van der Waals surface area contributed by atoms with Gasteiger partial charge in [0.25, 0.3) is 0 Å². The van der Waals surface area contributed by atoms with Crippen LogP contribution in [0.4, 0.5) is 0 Å². The van der Waals surface area contributed by atoms with Crippen molar-refractivity contribution in [3.05, 3.63) is 90.8 Å². The minimum atomic E-state index is 0.394. The summed E-state index contributed by atoms with van der Waals surface area (Å²) in [6.45, 7) is 0.394. The van der Waals surface area contributed by atoms with Crippen molar-refractivity contribution in [1.82, 2.24) is 4.98 Å². The summed E-state index contributed by atoms with van der Waals surface area (Å²) in [7, 11) is 1.62. The molecule has 0 aliphatic carbocycles. The van der Waals surface area contributed by atoms with Gasteiger partial charge in [0.2, 0.25) is 0 Å². The van der Waals surface area contributed by atoms with Gasteiger partial charge in [-0.15, -0.1) is 0 Å². The zero-order valence-electron chi connectivity index (χ0n) is 16.0. The summed E-state index contributed by atoms with van der Waals surface area (Å²) < 4.78 is 17.1. The molecule has 0 bridgehead atoms. The zero-order valence-corrected chi connectivity index (χ0v) is 16.0. The third-order valence-electron chi connectivity index (χ3n) is 4.94. The van der Waals surface area contributed by atoms with E-state index < -0.39 is 0 Å². The van der Waals surface area contributed by atoms with Crippen molar-refractivity contribution in [2.24, 2.45) is 0 Å². The molecule has 2 heterocycles. The van der Waals surface area contributed by atoms with E-state index in [1.54, 1.807) is 13.3 Å². The molecule has 3 aromatic carbocycles. The van der Waals surface area contributed by atoms with E-state index in [4.69, 9.17) is 13.9 Å². The van der Waals surface area contributed by atoms with E-state index in [0.717, 1.165) is 39.5 Å². The van der Waals surface area contributed by atoms with Crippen molar-refractivity contribution >= 4 is 21.7 Å². The smallest absolute Gasteiger partial charge is 0.137 e. The van der Waals surface area contributed by atoms with Crippen LogP contribution in [0.3, 0.4) is 0 Å². The van der Waals surface area contributed by atoms with Gasteiger partial charge in [0, 0.05) is 10.9 Å². The monoisotopic (exact) mass is 381 g/mol. The molecule has 0 radical (unpaired) electrons. The van der Waals surface area contributed by atoms with Crippen molar-refractivity contribution in [2.75, 3.05) is 7.11 Å². The number of hydrogen-bond donors (Lipinski definition) is 0. The molecule has 0 fully saturated rings. The lowest BCUT2D eigenvalue weighted by molar-refractivity contribution is 0.301. The van der Waals surface area contributed by atoms with Gasteiger partial charge in [-0.05, 0) is 53.2 Å². The first kappa shape index (κ1) is 17.3. The molecule has 0 N–H and O–H groups in total. The van der Waals surface area contributed by atoms with E-state index in [0.29, 0.717) is 6.61 Å². The average molecular weight is 381 g/mol. The normalized spacial score (nSPS) is 11.1. The highest BCUT2D eigenvalue weighted by Gasteiger charge is 2.09. The number of fused-ring (bicyclic) bond motifs is 2. The Labute approximate surface area is 168 Å². The maximum Gasteiger partial charge on any atom is 0.137 e. The summed E-state index contributed by atoms with van der Waals surface area (Å²) in [5, 5.41) is 3.42. The van der Waals surface area contributed by atoms with Gasteiger partial charge in [-0.1, -0.05) is 36.4 Å². The summed E-state index contributed by atoms with van der Waals surface area (Å²) in [6, 6.07) is 26.4. The van der Waals surface area contributed by atoms with Crippen LogP contribution in [0.25, 0.3) is 33.1 Å². The Morgan fingerprint density at radius 3 is 2.48 bits per heavy atom. The molecule has 0 spiro atoms. The summed E-state index contributed by atoms with van der Waals surface area (Å²) in [6.07, 6.45) is 1.69. The zero-order chi connectivity index (χ0) is 19.6. The Hall–Kier alpha value is -3.79. The third kappa shape index (κ3) is 3.52. The number of ether oxygens (including phenoxy) is 2. The SMILES string of the molecule is COc1ccc(COc2ccc3oc(-c4ccc5ccccc5c4)cc3c2)nc1. The van der Waals surface area contributed by atoms with Crippen molar-refractivity contribution in [3.8, 4) is 22.8 Å². The highest BCUT2D eigenvalue weighted by molar-refractivity contribution is 5.89. The molecule has 4 nitrogen and oxygen atoms in total. The van der Waals surface area contributed by atoms with Crippen LogP contribution in [0.15, 0.2) is 89.5 Å². The topological polar surface area (TPSA) is 44.5 Å². The molecule has 0 amide bonds. The molecule has 0 saturated heterocycles. The lowest BCUT2D eigenvalue weighted by Gasteiger charge is -2.06. The Balaban J connectivity index is 1.38. The number of methoxy groups -OCH3 is 1. The molecular formula is C25H19NO3. The number of furan rings is 1. The fraction of sp³-hybridized carbons (Fsp3) is 0.0800. The van der Waals surface area contributed by atoms with Crippen molar-refractivity contribution < 1.29 is 13.9 Å². The molecule has 5 aromatic rings. The van der Waals surface area contributed by atoms with Gasteiger partial charge in [0.05, 0.1) is 19.0 Å². The molecule has 0 saturated carbocycles. The van der Waals surface area contributed by atoms with Crippen LogP contribution in [-0.2, 0) is 6.61 Å². The van der Waals surface area contributed by atoms with Crippen LogP contribution in [0, 0.1) is 0 Å². The quantitative estimate of drug-likeness (QED) is 0.362. The number of rotatable bonds is 5. The van der Waals surface area contributed by atoms with Crippen molar-refractivity contribution in [1.29, 1.82) is 0 Å². The van der Waals surface area contributed by atoms with E-state index >= 15 is 0 Å². The van der Waals surface area contributed by atoms with Crippen LogP contribution < -0.4 is 9.47 Å². The highest BCUT2D eigenvalue weighted by Crippen LogP contribution is 2.32. The second-order valence-electron chi connectivity index (χ2n) is 6.85. The van der Waals surface area contributed by atoms with Gasteiger partial charge in [-0.2, -0.15) is 0 Å². The molecule has 5 rings (SSSR count). The maximum absolute atomic E-state index is 6.06.